The van der Waals surface area contributed by atoms with Crippen LogP contribution in [0.25, 0.3) is 5.70 Å². The van der Waals surface area contributed by atoms with Gasteiger partial charge in [-0.25, -0.2) is 0 Å². The molecule has 0 unspecified atom stereocenters. The third kappa shape index (κ3) is 14.9. The van der Waals surface area contributed by atoms with E-state index in [-0.39, 0.29) is 5.82 Å². The molecule has 0 saturated heterocycles. The van der Waals surface area contributed by atoms with Crippen LogP contribution in [0.5, 0.6) is 0 Å². The lowest BCUT2D eigenvalue weighted by Crippen LogP contribution is -2.09. The number of rotatable bonds is 7. The van der Waals surface area contributed by atoms with Gasteiger partial charge in [0, 0.05) is 12.2 Å². The van der Waals surface area contributed by atoms with E-state index in [1.54, 1.807) is 23.3 Å². The second-order valence-electron chi connectivity index (χ2n) is 7.45. The fraction of sp³-hybridized carbons (Fsp3) is 0.448. The number of allylic oxidation sites excluding steroid dienone is 7. The van der Waals surface area contributed by atoms with Crippen LogP contribution < -0.4 is 22.5 Å². The molecule has 0 spiro atoms. The van der Waals surface area contributed by atoms with Gasteiger partial charge in [0.1, 0.15) is 0 Å². The van der Waals surface area contributed by atoms with E-state index in [1.165, 1.54) is 30.4 Å². The van der Waals surface area contributed by atoms with Gasteiger partial charge in [0.05, 0.1) is 5.82 Å². The second-order valence-corrected chi connectivity index (χ2v) is 7.45. The highest BCUT2D eigenvalue weighted by atomic mass is 14.8. The zero-order chi connectivity index (χ0) is 25.6. The molecule has 4 nitrogen and oxygen atoms in total. The van der Waals surface area contributed by atoms with Crippen LogP contribution in [-0.2, 0) is 13.0 Å². The molecular formula is C29H50N4. The molecule has 0 amide bonds. The number of benzene rings is 1. The van der Waals surface area contributed by atoms with Gasteiger partial charge < -0.3 is 22.5 Å². The van der Waals surface area contributed by atoms with E-state index in [0.29, 0.717) is 5.70 Å². The molecule has 1 aliphatic rings. The Labute approximate surface area is 204 Å². The fourth-order valence-electron chi connectivity index (χ4n) is 3.04. The van der Waals surface area contributed by atoms with Gasteiger partial charge in [-0.1, -0.05) is 70.6 Å². The summed E-state index contributed by atoms with van der Waals surface area (Å²) in [5.41, 5.74) is 24.1. The van der Waals surface area contributed by atoms with E-state index < -0.39 is 0 Å². The topological polar surface area (TPSA) is 90.1 Å². The lowest BCUT2D eigenvalue weighted by atomic mass is 9.97. The van der Waals surface area contributed by atoms with Gasteiger partial charge in [0.15, 0.2) is 0 Å². The zero-order valence-corrected chi connectivity index (χ0v) is 22.3. The summed E-state index contributed by atoms with van der Waals surface area (Å²) in [6.45, 7) is 17.0. The number of aryl methyl sites for hydroxylation is 1. The van der Waals surface area contributed by atoms with Crippen molar-refractivity contribution in [1.29, 1.82) is 0 Å². The SMILES string of the molecule is C=CCC.CC.CCC1=C(C)CCC=C1.CCc1ccc(/C(N)=C/C=C(N)N)cc1CNC. The van der Waals surface area contributed by atoms with Crippen LogP contribution in [-0.4, -0.2) is 7.05 Å². The summed E-state index contributed by atoms with van der Waals surface area (Å²) < 4.78 is 0. The van der Waals surface area contributed by atoms with Gasteiger partial charge in [-0.3, -0.25) is 0 Å². The molecule has 0 heterocycles. The predicted octanol–water partition coefficient (Wildman–Crippen LogP) is 6.70. The highest BCUT2D eigenvalue weighted by Gasteiger charge is 2.03. The average molecular weight is 455 g/mol. The van der Waals surface area contributed by atoms with Crippen LogP contribution in [0.1, 0.15) is 83.9 Å². The van der Waals surface area contributed by atoms with Gasteiger partial charge in [0.2, 0.25) is 0 Å². The summed E-state index contributed by atoms with van der Waals surface area (Å²) in [7, 11) is 1.93. The minimum atomic E-state index is 0.249. The van der Waals surface area contributed by atoms with E-state index in [1.807, 2.05) is 33.0 Å². The summed E-state index contributed by atoms with van der Waals surface area (Å²) >= 11 is 0. The maximum absolute atomic E-state index is 5.98. The van der Waals surface area contributed by atoms with Crippen LogP contribution >= 0.6 is 0 Å². The third-order valence-electron chi connectivity index (χ3n) is 4.97. The molecule has 0 aliphatic heterocycles. The third-order valence-corrected chi connectivity index (χ3v) is 4.97. The van der Waals surface area contributed by atoms with Gasteiger partial charge in [-0.2, -0.15) is 0 Å². The Morgan fingerprint density at radius 1 is 1.03 bits per heavy atom. The molecule has 1 aromatic rings. The minimum absolute atomic E-state index is 0.249. The summed E-state index contributed by atoms with van der Waals surface area (Å²) in [5, 5.41) is 3.16. The molecule has 0 atom stereocenters. The minimum Gasteiger partial charge on any atom is -0.398 e. The Balaban J connectivity index is 0. The number of nitrogens with two attached hydrogens (primary N) is 3. The van der Waals surface area contributed by atoms with Crippen molar-refractivity contribution in [3.63, 3.8) is 0 Å². The van der Waals surface area contributed by atoms with Crippen molar-refractivity contribution in [3.05, 3.63) is 88.8 Å². The van der Waals surface area contributed by atoms with Gasteiger partial charge in [-0.05, 0) is 86.6 Å². The molecule has 1 aliphatic carbocycles. The van der Waals surface area contributed by atoms with Crippen LogP contribution in [0.3, 0.4) is 0 Å². The fourth-order valence-corrected chi connectivity index (χ4v) is 3.04. The molecule has 0 aromatic heterocycles. The molecule has 2 rings (SSSR count). The van der Waals surface area contributed by atoms with Crippen molar-refractivity contribution in [2.75, 3.05) is 7.05 Å². The standard InChI is InChI=1S/C14H22N4.C9H14.C4H8.C2H6/c1-3-10-4-5-11(8-12(10)9-18-2)13(15)6-7-14(16)17;1-3-9-7-5-4-6-8(9)2;1-3-4-2;1-2/h4-8,18H,3,9,15-17H2,1-2H3;5,7H,3-4,6H2,1-2H3;3H,1,4H2,2H3;1-2H3/b13-6-;;;. The maximum atomic E-state index is 5.98. The largest absolute Gasteiger partial charge is 0.398 e. The Bertz CT molecular complexity index is 779. The van der Waals surface area contributed by atoms with Crippen molar-refractivity contribution in [2.24, 2.45) is 17.2 Å². The molecule has 4 heteroatoms. The lowest BCUT2D eigenvalue weighted by Gasteiger charge is -2.10. The normalized spacial score (nSPS) is 12.3. The van der Waals surface area contributed by atoms with Crippen molar-refractivity contribution in [2.45, 2.75) is 80.2 Å². The molecule has 0 radical (unpaired) electrons. The number of hydrogen-bond acceptors (Lipinski definition) is 4. The van der Waals surface area contributed by atoms with E-state index in [2.05, 4.69) is 63.9 Å². The maximum Gasteiger partial charge on any atom is 0.0934 e. The van der Waals surface area contributed by atoms with Gasteiger partial charge in [0.25, 0.3) is 0 Å². The van der Waals surface area contributed by atoms with Crippen LogP contribution in [0.15, 0.2) is 72.1 Å². The highest BCUT2D eigenvalue weighted by Crippen LogP contribution is 2.20. The zero-order valence-electron chi connectivity index (χ0n) is 22.3. The molecule has 0 saturated carbocycles. The number of hydrogen-bond donors (Lipinski definition) is 4. The van der Waals surface area contributed by atoms with Crippen LogP contribution in [0.2, 0.25) is 0 Å². The monoisotopic (exact) mass is 454 g/mol. The summed E-state index contributed by atoms with van der Waals surface area (Å²) in [6, 6.07) is 6.23. The van der Waals surface area contributed by atoms with Crippen molar-refractivity contribution in [1.82, 2.24) is 5.32 Å². The lowest BCUT2D eigenvalue weighted by molar-refractivity contribution is 0.805. The Morgan fingerprint density at radius 2 is 1.67 bits per heavy atom. The predicted molar refractivity (Wildman–Crippen MR) is 150 cm³/mol. The molecule has 33 heavy (non-hydrogen) atoms. The first-order chi connectivity index (χ1) is 15.8. The van der Waals surface area contributed by atoms with Crippen LogP contribution in [0, 0.1) is 0 Å². The van der Waals surface area contributed by atoms with Crippen LogP contribution in [0.4, 0.5) is 0 Å². The van der Waals surface area contributed by atoms with E-state index in [0.717, 1.165) is 24.9 Å². The van der Waals surface area contributed by atoms with E-state index in [4.69, 9.17) is 17.2 Å². The summed E-state index contributed by atoms with van der Waals surface area (Å²) in [4.78, 5) is 0. The van der Waals surface area contributed by atoms with E-state index in [9.17, 15) is 0 Å². The summed E-state index contributed by atoms with van der Waals surface area (Å²) in [5.74, 6) is 0.249. The molecule has 1 aromatic carbocycles. The Hall–Kier alpha value is -2.72. The molecule has 0 bridgehead atoms. The number of nitrogens with one attached hydrogen (secondary N) is 1. The quantitative estimate of drug-likeness (QED) is 0.272. The summed E-state index contributed by atoms with van der Waals surface area (Å²) in [6.07, 6.45) is 15.5. The Kier molecular flexibility index (Phi) is 20.8. The van der Waals surface area contributed by atoms with Crippen molar-refractivity contribution >= 4 is 5.70 Å². The van der Waals surface area contributed by atoms with Crippen molar-refractivity contribution < 1.29 is 0 Å². The second kappa shape index (κ2) is 21.1. The smallest absolute Gasteiger partial charge is 0.0934 e. The van der Waals surface area contributed by atoms with Gasteiger partial charge in [-0.15, -0.1) is 6.58 Å². The average Bonchev–Trinajstić information content (AvgIpc) is 2.84. The van der Waals surface area contributed by atoms with Gasteiger partial charge >= 0.3 is 0 Å². The first kappa shape index (κ1) is 32.5. The first-order valence-electron chi connectivity index (χ1n) is 12.3. The first-order valence-corrected chi connectivity index (χ1v) is 12.3. The van der Waals surface area contributed by atoms with Crippen molar-refractivity contribution in [3.8, 4) is 0 Å². The molecule has 7 N–H and O–H groups in total. The molecule has 186 valence electrons. The highest BCUT2D eigenvalue weighted by molar-refractivity contribution is 5.65. The van der Waals surface area contributed by atoms with E-state index >= 15 is 0 Å². The molecule has 0 fully saturated rings. The Morgan fingerprint density at radius 3 is 2.09 bits per heavy atom. The molecular weight excluding hydrogens is 404 g/mol.